The Bertz CT molecular complexity index is 494. The maximum absolute atomic E-state index is 5.69. The van der Waals surface area contributed by atoms with Gasteiger partial charge in [-0.2, -0.15) is 0 Å². The van der Waals surface area contributed by atoms with Crippen LogP contribution in [0.1, 0.15) is 24.5 Å². The van der Waals surface area contributed by atoms with E-state index in [4.69, 9.17) is 9.47 Å². The first-order chi connectivity index (χ1) is 9.88. The van der Waals surface area contributed by atoms with E-state index in [1.165, 1.54) is 11.1 Å². The van der Waals surface area contributed by atoms with Crippen molar-refractivity contribution in [1.82, 2.24) is 0 Å². The summed E-state index contributed by atoms with van der Waals surface area (Å²) in [6, 6.07) is 18.6. The predicted molar refractivity (Wildman–Crippen MR) is 82.0 cm³/mol. The van der Waals surface area contributed by atoms with Gasteiger partial charge in [0.15, 0.2) is 0 Å². The summed E-state index contributed by atoms with van der Waals surface area (Å²) in [6.07, 6.45) is 2.05. The van der Waals surface area contributed by atoms with Crippen molar-refractivity contribution in [2.24, 2.45) is 0 Å². The summed E-state index contributed by atoms with van der Waals surface area (Å²) in [5, 5.41) is 0. The van der Waals surface area contributed by atoms with E-state index >= 15 is 0 Å². The molecule has 0 aliphatic carbocycles. The molecule has 0 radical (unpaired) electrons. The molecule has 0 amide bonds. The van der Waals surface area contributed by atoms with Crippen LogP contribution in [-0.4, -0.2) is 13.2 Å². The zero-order valence-corrected chi connectivity index (χ0v) is 12.0. The average molecular weight is 270 g/mol. The Kier molecular flexibility index (Phi) is 6.12. The van der Waals surface area contributed by atoms with Crippen molar-refractivity contribution in [3.8, 4) is 5.75 Å². The minimum atomic E-state index is 0.694. The highest BCUT2D eigenvalue weighted by Gasteiger charge is 1.97. The molecule has 106 valence electrons. The number of hydrogen-bond acceptors (Lipinski definition) is 2. The normalized spacial score (nSPS) is 10.4. The van der Waals surface area contributed by atoms with Gasteiger partial charge in [-0.1, -0.05) is 42.5 Å². The van der Waals surface area contributed by atoms with Crippen LogP contribution in [0, 0.1) is 0 Å². The van der Waals surface area contributed by atoms with Gasteiger partial charge in [-0.05, 0) is 43.0 Å². The van der Waals surface area contributed by atoms with Gasteiger partial charge in [0.2, 0.25) is 0 Å². The van der Waals surface area contributed by atoms with Crippen LogP contribution < -0.4 is 4.74 Å². The molecule has 0 spiro atoms. The van der Waals surface area contributed by atoms with Gasteiger partial charge in [0.1, 0.15) is 5.75 Å². The van der Waals surface area contributed by atoms with Crippen LogP contribution in [0.3, 0.4) is 0 Å². The summed E-state index contributed by atoms with van der Waals surface area (Å²) in [5.74, 6) is 0.954. The van der Waals surface area contributed by atoms with Crippen molar-refractivity contribution in [2.45, 2.75) is 26.4 Å². The Morgan fingerprint density at radius 1 is 0.900 bits per heavy atom. The highest BCUT2D eigenvalue weighted by atomic mass is 16.5. The molecule has 0 bridgehead atoms. The van der Waals surface area contributed by atoms with Crippen molar-refractivity contribution < 1.29 is 9.47 Å². The number of ether oxygens (including phenoxy) is 2. The van der Waals surface area contributed by atoms with E-state index in [1.54, 1.807) is 0 Å². The number of benzene rings is 2. The lowest BCUT2D eigenvalue weighted by atomic mass is 10.1. The molecule has 0 saturated carbocycles. The molecule has 0 aliphatic rings. The molecule has 0 unspecified atom stereocenters. The summed E-state index contributed by atoms with van der Waals surface area (Å²) in [4.78, 5) is 0. The van der Waals surface area contributed by atoms with Crippen LogP contribution in [0.25, 0.3) is 0 Å². The molecule has 2 nitrogen and oxygen atoms in total. The number of hydrogen-bond donors (Lipinski definition) is 0. The van der Waals surface area contributed by atoms with Crippen LogP contribution in [0.5, 0.6) is 5.75 Å². The molecule has 20 heavy (non-hydrogen) atoms. The van der Waals surface area contributed by atoms with Gasteiger partial charge in [0.25, 0.3) is 0 Å². The fraction of sp³-hybridized carbons (Fsp3) is 0.333. The Morgan fingerprint density at radius 3 is 2.50 bits per heavy atom. The van der Waals surface area contributed by atoms with Gasteiger partial charge in [-0.15, -0.1) is 0 Å². The molecular formula is C18H22O2. The third-order valence-corrected chi connectivity index (χ3v) is 3.08. The second-order valence-electron chi connectivity index (χ2n) is 4.72. The SMILES string of the molecule is CCOc1cccc(CCCOCc2ccccc2)c1. The highest BCUT2D eigenvalue weighted by molar-refractivity contribution is 5.28. The molecule has 0 N–H and O–H groups in total. The average Bonchev–Trinajstić information content (AvgIpc) is 2.49. The minimum Gasteiger partial charge on any atom is -0.494 e. The van der Waals surface area contributed by atoms with E-state index in [2.05, 4.69) is 24.3 Å². The maximum atomic E-state index is 5.69. The zero-order chi connectivity index (χ0) is 14.0. The first-order valence-electron chi connectivity index (χ1n) is 7.22. The number of rotatable bonds is 8. The van der Waals surface area contributed by atoms with Crippen LogP contribution in [-0.2, 0) is 17.8 Å². The van der Waals surface area contributed by atoms with Crippen molar-refractivity contribution in [2.75, 3.05) is 13.2 Å². The van der Waals surface area contributed by atoms with Crippen LogP contribution in [0.4, 0.5) is 0 Å². The lowest BCUT2D eigenvalue weighted by molar-refractivity contribution is 0.118. The first-order valence-corrected chi connectivity index (χ1v) is 7.22. The smallest absolute Gasteiger partial charge is 0.119 e. The molecule has 0 heterocycles. The quantitative estimate of drug-likeness (QED) is 0.668. The van der Waals surface area contributed by atoms with Gasteiger partial charge in [-0.25, -0.2) is 0 Å². The van der Waals surface area contributed by atoms with E-state index in [1.807, 2.05) is 37.3 Å². The molecule has 0 aliphatic heterocycles. The van der Waals surface area contributed by atoms with Crippen LogP contribution in [0.15, 0.2) is 54.6 Å². The maximum Gasteiger partial charge on any atom is 0.119 e. The minimum absolute atomic E-state index is 0.694. The Labute approximate surface area is 121 Å². The van der Waals surface area contributed by atoms with Gasteiger partial charge < -0.3 is 9.47 Å². The molecule has 2 aromatic rings. The van der Waals surface area contributed by atoms with Gasteiger partial charge in [0, 0.05) is 6.61 Å². The van der Waals surface area contributed by atoms with Crippen molar-refractivity contribution in [1.29, 1.82) is 0 Å². The summed E-state index contributed by atoms with van der Waals surface area (Å²) in [5.41, 5.74) is 2.53. The van der Waals surface area contributed by atoms with Gasteiger partial charge in [0.05, 0.1) is 13.2 Å². The van der Waals surface area contributed by atoms with Crippen molar-refractivity contribution >= 4 is 0 Å². The fourth-order valence-electron chi connectivity index (χ4n) is 2.10. The Balaban J connectivity index is 1.67. The first kappa shape index (κ1) is 14.6. The lowest BCUT2D eigenvalue weighted by Crippen LogP contribution is -1.98. The second kappa shape index (κ2) is 8.39. The van der Waals surface area contributed by atoms with E-state index in [0.717, 1.165) is 25.2 Å². The van der Waals surface area contributed by atoms with Crippen LogP contribution >= 0.6 is 0 Å². The summed E-state index contributed by atoms with van der Waals surface area (Å²) in [7, 11) is 0. The molecule has 2 heteroatoms. The van der Waals surface area contributed by atoms with E-state index in [-0.39, 0.29) is 0 Å². The van der Waals surface area contributed by atoms with Gasteiger partial charge in [-0.3, -0.25) is 0 Å². The van der Waals surface area contributed by atoms with Crippen LogP contribution in [0.2, 0.25) is 0 Å². The van der Waals surface area contributed by atoms with E-state index < -0.39 is 0 Å². The second-order valence-corrected chi connectivity index (χ2v) is 4.72. The summed E-state index contributed by atoms with van der Waals surface area (Å²) >= 11 is 0. The Hall–Kier alpha value is -1.80. The largest absolute Gasteiger partial charge is 0.494 e. The van der Waals surface area contributed by atoms with E-state index in [0.29, 0.717) is 13.2 Å². The van der Waals surface area contributed by atoms with Crippen molar-refractivity contribution in [3.63, 3.8) is 0 Å². The molecule has 2 aromatic carbocycles. The molecular weight excluding hydrogens is 248 g/mol. The van der Waals surface area contributed by atoms with Crippen molar-refractivity contribution in [3.05, 3.63) is 65.7 Å². The summed E-state index contributed by atoms with van der Waals surface area (Å²) < 4.78 is 11.2. The summed E-state index contributed by atoms with van der Waals surface area (Å²) in [6.45, 7) is 4.20. The molecule has 0 aromatic heterocycles. The molecule has 0 atom stereocenters. The fourth-order valence-corrected chi connectivity index (χ4v) is 2.10. The van der Waals surface area contributed by atoms with Gasteiger partial charge >= 0.3 is 0 Å². The predicted octanol–water partition coefficient (Wildman–Crippen LogP) is 4.23. The highest BCUT2D eigenvalue weighted by Crippen LogP contribution is 2.14. The molecule has 0 fully saturated rings. The molecule has 0 saturated heterocycles. The zero-order valence-electron chi connectivity index (χ0n) is 12.0. The third-order valence-electron chi connectivity index (χ3n) is 3.08. The Morgan fingerprint density at radius 2 is 1.70 bits per heavy atom. The monoisotopic (exact) mass is 270 g/mol. The number of aryl methyl sites for hydroxylation is 1. The lowest BCUT2D eigenvalue weighted by Gasteiger charge is -2.07. The topological polar surface area (TPSA) is 18.5 Å². The standard InChI is InChI=1S/C18H22O2/c1-2-20-18-12-6-10-16(14-18)11-7-13-19-15-17-8-4-3-5-9-17/h3-6,8-10,12,14H,2,7,11,13,15H2,1H3. The third kappa shape index (κ3) is 5.06. The van der Waals surface area contributed by atoms with E-state index in [9.17, 15) is 0 Å². The molecule has 2 rings (SSSR count).